The SMILES string of the molecule is COc1ccc(-c2cc(NC(=O)COc3ccccc3C)n([C@@H]3CCS(=O)(=O)C3)n2)cc1. The van der Waals surface area contributed by atoms with Gasteiger partial charge in [-0.1, -0.05) is 18.2 Å². The number of rotatable bonds is 7. The second kappa shape index (κ2) is 9.04. The Morgan fingerprint density at radius 1 is 1.19 bits per heavy atom. The molecular formula is C23H25N3O5S. The number of hydrogen-bond donors (Lipinski definition) is 1. The molecule has 0 saturated carbocycles. The van der Waals surface area contributed by atoms with Gasteiger partial charge in [0.1, 0.15) is 17.3 Å². The van der Waals surface area contributed by atoms with Crippen LogP contribution in [0.2, 0.25) is 0 Å². The minimum absolute atomic E-state index is 0.000681. The van der Waals surface area contributed by atoms with Crippen LogP contribution in [0.25, 0.3) is 11.3 Å². The maximum atomic E-state index is 12.6. The molecule has 2 heterocycles. The fourth-order valence-electron chi connectivity index (χ4n) is 3.68. The van der Waals surface area contributed by atoms with Gasteiger partial charge in [-0.05, 0) is 49.2 Å². The van der Waals surface area contributed by atoms with Crippen molar-refractivity contribution in [2.24, 2.45) is 0 Å². The topological polar surface area (TPSA) is 99.5 Å². The summed E-state index contributed by atoms with van der Waals surface area (Å²) in [5, 5.41) is 7.46. The quantitative estimate of drug-likeness (QED) is 0.587. The summed E-state index contributed by atoms with van der Waals surface area (Å²) < 4.78 is 36.5. The number of nitrogens with one attached hydrogen (secondary N) is 1. The fraction of sp³-hybridized carbons (Fsp3) is 0.304. The second-order valence-electron chi connectivity index (χ2n) is 7.75. The van der Waals surface area contributed by atoms with Gasteiger partial charge in [0.15, 0.2) is 16.4 Å². The van der Waals surface area contributed by atoms with Crippen LogP contribution in [0.4, 0.5) is 5.82 Å². The Morgan fingerprint density at radius 2 is 1.94 bits per heavy atom. The van der Waals surface area contributed by atoms with Crippen LogP contribution in [0.3, 0.4) is 0 Å². The molecule has 3 aromatic rings. The van der Waals surface area contributed by atoms with E-state index in [1.54, 1.807) is 23.9 Å². The molecule has 4 rings (SSSR count). The predicted octanol–water partition coefficient (Wildman–Crippen LogP) is 3.24. The molecule has 8 nitrogen and oxygen atoms in total. The lowest BCUT2D eigenvalue weighted by molar-refractivity contribution is -0.118. The molecule has 2 aromatic carbocycles. The van der Waals surface area contributed by atoms with E-state index < -0.39 is 9.84 Å². The second-order valence-corrected chi connectivity index (χ2v) is 9.98. The molecule has 1 fully saturated rings. The van der Waals surface area contributed by atoms with E-state index in [0.717, 1.165) is 16.9 Å². The van der Waals surface area contributed by atoms with Crippen molar-refractivity contribution in [1.29, 1.82) is 0 Å². The first-order chi connectivity index (χ1) is 15.3. The number of ether oxygens (including phenoxy) is 2. The summed E-state index contributed by atoms with van der Waals surface area (Å²) in [5.41, 5.74) is 2.40. The molecule has 0 aliphatic carbocycles. The molecule has 1 saturated heterocycles. The van der Waals surface area contributed by atoms with Crippen molar-refractivity contribution in [2.75, 3.05) is 30.5 Å². The zero-order valence-corrected chi connectivity index (χ0v) is 18.8. The van der Waals surface area contributed by atoms with E-state index >= 15 is 0 Å². The molecule has 1 aromatic heterocycles. The van der Waals surface area contributed by atoms with Crippen LogP contribution in [0, 0.1) is 6.92 Å². The molecule has 1 atom stereocenters. The Hall–Kier alpha value is -3.33. The highest BCUT2D eigenvalue weighted by atomic mass is 32.2. The molecule has 168 valence electrons. The van der Waals surface area contributed by atoms with Crippen molar-refractivity contribution in [3.8, 4) is 22.8 Å². The Balaban J connectivity index is 1.56. The first kappa shape index (κ1) is 21.9. The molecule has 0 unspecified atom stereocenters. The third kappa shape index (κ3) is 4.94. The normalized spacial score (nSPS) is 17.1. The van der Waals surface area contributed by atoms with Crippen molar-refractivity contribution in [1.82, 2.24) is 9.78 Å². The van der Waals surface area contributed by atoms with Crippen molar-refractivity contribution in [2.45, 2.75) is 19.4 Å². The van der Waals surface area contributed by atoms with Crippen LogP contribution < -0.4 is 14.8 Å². The summed E-state index contributed by atoms with van der Waals surface area (Å²) in [6.07, 6.45) is 0.453. The highest BCUT2D eigenvalue weighted by Gasteiger charge is 2.31. The summed E-state index contributed by atoms with van der Waals surface area (Å²) in [7, 11) is -1.52. The van der Waals surface area contributed by atoms with Gasteiger partial charge in [0, 0.05) is 11.6 Å². The van der Waals surface area contributed by atoms with Crippen molar-refractivity contribution >= 4 is 21.6 Å². The van der Waals surface area contributed by atoms with Gasteiger partial charge in [-0.25, -0.2) is 13.1 Å². The van der Waals surface area contributed by atoms with Crippen LogP contribution in [0.5, 0.6) is 11.5 Å². The van der Waals surface area contributed by atoms with Gasteiger partial charge in [-0.15, -0.1) is 0 Å². The van der Waals surface area contributed by atoms with E-state index in [9.17, 15) is 13.2 Å². The fourth-order valence-corrected chi connectivity index (χ4v) is 5.37. The molecule has 9 heteroatoms. The lowest BCUT2D eigenvalue weighted by atomic mass is 10.1. The monoisotopic (exact) mass is 455 g/mol. The summed E-state index contributed by atoms with van der Waals surface area (Å²) in [5.74, 6) is 1.56. The smallest absolute Gasteiger partial charge is 0.263 e. The standard InChI is InChI=1S/C23H25N3O5S/c1-16-5-3-4-6-21(16)31-14-23(27)24-22-13-20(17-7-9-19(30-2)10-8-17)25-26(22)18-11-12-32(28,29)15-18/h3-10,13,18H,11-12,14-15H2,1-2H3,(H,24,27)/t18-/m1/s1. The average molecular weight is 456 g/mol. The number of amides is 1. The molecular weight excluding hydrogens is 430 g/mol. The minimum atomic E-state index is -3.12. The first-order valence-corrected chi connectivity index (χ1v) is 12.1. The number of carbonyl (C=O) groups excluding carboxylic acids is 1. The number of aryl methyl sites for hydroxylation is 1. The minimum Gasteiger partial charge on any atom is -0.497 e. The lowest BCUT2D eigenvalue weighted by Crippen LogP contribution is -2.24. The zero-order chi connectivity index (χ0) is 22.7. The number of sulfone groups is 1. The molecule has 32 heavy (non-hydrogen) atoms. The molecule has 1 aliphatic heterocycles. The maximum absolute atomic E-state index is 12.6. The molecule has 0 radical (unpaired) electrons. The van der Waals surface area contributed by atoms with E-state index in [0.29, 0.717) is 23.7 Å². The van der Waals surface area contributed by atoms with Gasteiger partial charge in [-0.2, -0.15) is 5.10 Å². The third-order valence-corrected chi connectivity index (χ3v) is 7.15. The summed E-state index contributed by atoms with van der Waals surface area (Å²) >= 11 is 0. The van der Waals surface area contributed by atoms with Crippen LogP contribution in [-0.2, 0) is 14.6 Å². The molecule has 0 spiro atoms. The first-order valence-electron chi connectivity index (χ1n) is 10.3. The number of benzene rings is 2. The highest BCUT2D eigenvalue weighted by Crippen LogP contribution is 2.31. The number of methoxy groups -OCH3 is 1. The van der Waals surface area contributed by atoms with Crippen LogP contribution in [-0.4, -0.2) is 49.3 Å². The van der Waals surface area contributed by atoms with Gasteiger partial charge in [0.25, 0.3) is 5.91 Å². The van der Waals surface area contributed by atoms with Crippen LogP contribution in [0.1, 0.15) is 18.0 Å². The highest BCUT2D eigenvalue weighted by molar-refractivity contribution is 7.91. The molecule has 1 aliphatic rings. The Kier molecular flexibility index (Phi) is 6.18. The number of para-hydroxylation sites is 1. The largest absolute Gasteiger partial charge is 0.497 e. The predicted molar refractivity (Wildman–Crippen MR) is 122 cm³/mol. The number of carbonyl (C=O) groups is 1. The van der Waals surface area contributed by atoms with Gasteiger partial charge in [0.2, 0.25) is 0 Å². The van der Waals surface area contributed by atoms with Crippen molar-refractivity contribution < 1.29 is 22.7 Å². The van der Waals surface area contributed by atoms with E-state index in [4.69, 9.17) is 9.47 Å². The van der Waals surface area contributed by atoms with Crippen LogP contribution >= 0.6 is 0 Å². The molecule has 1 amide bonds. The van der Waals surface area contributed by atoms with Crippen LogP contribution in [0.15, 0.2) is 54.6 Å². The van der Waals surface area contributed by atoms with E-state index in [1.807, 2.05) is 49.4 Å². The maximum Gasteiger partial charge on any atom is 0.263 e. The van der Waals surface area contributed by atoms with Gasteiger partial charge in [-0.3, -0.25) is 4.79 Å². The number of hydrogen-bond acceptors (Lipinski definition) is 6. The Morgan fingerprint density at radius 3 is 2.59 bits per heavy atom. The van der Waals surface area contributed by atoms with Crippen molar-refractivity contribution in [3.63, 3.8) is 0 Å². The number of anilines is 1. The number of aromatic nitrogens is 2. The lowest BCUT2D eigenvalue weighted by Gasteiger charge is -2.14. The summed E-state index contributed by atoms with van der Waals surface area (Å²) in [6.45, 7) is 1.74. The average Bonchev–Trinajstić information content (AvgIpc) is 3.36. The Bertz CT molecular complexity index is 1220. The molecule has 1 N–H and O–H groups in total. The van der Waals surface area contributed by atoms with E-state index in [-0.39, 0.29) is 30.1 Å². The van der Waals surface area contributed by atoms with E-state index in [1.165, 1.54) is 0 Å². The number of nitrogens with zero attached hydrogens (tertiary/aromatic N) is 2. The zero-order valence-electron chi connectivity index (χ0n) is 17.9. The van der Waals surface area contributed by atoms with Gasteiger partial charge >= 0.3 is 0 Å². The van der Waals surface area contributed by atoms with Gasteiger partial charge < -0.3 is 14.8 Å². The molecule has 0 bridgehead atoms. The van der Waals surface area contributed by atoms with Gasteiger partial charge in [0.05, 0.1) is 30.4 Å². The summed E-state index contributed by atoms with van der Waals surface area (Å²) in [4.78, 5) is 12.6. The van der Waals surface area contributed by atoms with Crippen molar-refractivity contribution in [3.05, 3.63) is 60.2 Å². The van der Waals surface area contributed by atoms with E-state index in [2.05, 4.69) is 10.4 Å². The Labute approximate surface area is 187 Å². The third-order valence-electron chi connectivity index (χ3n) is 5.40. The summed E-state index contributed by atoms with van der Waals surface area (Å²) in [6, 6.07) is 16.2.